The molecule has 0 fully saturated rings. The number of ether oxygens (including phenoxy) is 1. The van der Waals surface area contributed by atoms with Crippen LogP contribution in [0.15, 0.2) is 77.6 Å². The van der Waals surface area contributed by atoms with E-state index in [1.165, 1.54) is 23.9 Å². The lowest BCUT2D eigenvalue weighted by molar-refractivity contribution is -0.870. The van der Waals surface area contributed by atoms with Crippen LogP contribution in [0.4, 0.5) is 4.39 Å². The van der Waals surface area contributed by atoms with Crippen LogP contribution in [0.2, 0.25) is 5.02 Å². The zero-order chi connectivity index (χ0) is 32.3. The Hall–Kier alpha value is -2.34. The van der Waals surface area contributed by atoms with E-state index in [0.29, 0.717) is 28.2 Å². The number of nitrogens with zero attached hydrogens (tertiary/aromatic N) is 3. The summed E-state index contributed by atoms with van der Waals surface area (Å²) in [4.78, 5) is 4.77. The van der Waals surface area contributed by atoms with Gasteiger partial charge in [0.05, 0.1) is 57.1 Å². The topological polar surface area (TPSA) is 73.2 Å². The molecule has 44 heavy (non-hydrogen) atoms. The van der Waals surface area contributed by atoms with Crippen LogP contribution in [0.5, 0.6) is 5.75 Å². The van der Waals surface area contributed by atoms with Crippen molar-refractivity contribution in [1.29, 1.82) is 0 Å². The van der Waals surface area contributed by atoms with E-state index >= 15 is 0 Å². The zero-order valence-corrected chi connectivity index (χ0v) is 29.0. The maximum atomic E-state index is 13.9. The molecule has 7 nitrogen and oxygen atoms in total. The van der Waals surface area contributed by atoms with E-state index in [1.54, 1.807) is 37.5 Å². The van der Waals surface area contributed by atoms with Gasteiger partial charge < -0.3 is 9.22 Å². The largest absolute Gasteiger partial charge is 0.495 e. The van der Waals surface area contributed by atoms with Gasteiger partial charge in [-0.3, -0.25) is 4.57 Å². The van der Waals surface area contributed by atoms with E-state index in [9.17, 15) is 12.8 Å². The molecule has 12 heteroatoms. The van der Waals surface area contributed by atoms with Crippen LogP contribution in [0, 0.1) is 5.82 Å². The number of quaternary nitrogens is 1. The maximum Gasteiger partial charge on any atom is 0.219 e. The van der Waals surface area contributed by atoms with E-state index in [2.05, 4.69) is 39.7 Å². The number of sulfonamides is 1. The molecule has 1 heterocycles. The van der Waals surface area contributed by atoms with Crippen LogP contribution in [0.25, 0.3) is 5.69 Å². The van der Waals surface area contributed by atoms with Crippen molar-refractivity contribution in [3.8, 4) is 11.4 Å². The minimum Gasteiger partial charge on any atom is -0.495 e. The molecule has 1 aromatic heterocycles. The van der Waals surface area contributed by atoms with Gasteiger partial charge in [-0.05, 0) is 47.5 Å². The lowest BCUT2D eigenvalue weighted by atomic mass is 9.81. The molecule has 2 unspecified atom stereocenters. The molecule has 2 atom stereocenters. The molecule has 0 saturated carbocycles. The Balaban J connectivity index is 1.61. The summed E-state index contributed by atoms with van der Waals surface area (Å²) in [6.45, 7) is 5.36. The van der Waals surface area contributed by atoms with E-state index in [1.807, 2.05) is 29.0 Å². The Kier molecular flexibility index (Phi) is 11.0. The van der Waals surface area contributed by atoms with Crippen molar-refractivity contribution in [2.24, 2.45) is 0 Å². The fourth-order valence-electron chi connectivity index (χ4n) is 4.97. The van der Waals surface area contributed by atoms with Crippen LogP contribution >= 0.6 is 35.0 Å². The van der Waals surface area contributed by atoms with Gasteiger partial charge in [0.1, 0.15) is 16.8 Å². The number of rotatable bonds is 13. The normalized spacial score (nSPS) is 17.5. The standard InChI is InChI=1S/C32H40Cl2FN4O3S2/c1-32(2,23-9-15-26(33)28(19-23)42-6)30-20-36-31(38(30)25-12-10-24(35)11-13-25)43-21-22-8-14-27(34)29(18-22)44(40,41)37-16-7-17-39(3,4)5/h8-15,18-20,27,29,37H,7,16-17,21H2,1-6H3/q+1. The number of nitrogens with one attached hydrogen (secondary N) is 1. The highest BCUT2D eigenvalue weighted by molar-refractivity contribution is 7.99. The molecule has 1 aliphatic carbocycles. The van der Waals surface area contributed by atoms with Crippen molar-refractivity contribution < 1.29 is 22.0 Å². The number of aromatic nitrogens is 2. The summed E-state index contributed by atoms with van der Waals surface area (Å²) in [5.41, 5.74) is 2.88. The average molecular weight is 683 g/mol. The summed E-state index contributed by atoms with van der Waals surface area (Å²) in [5, 5.41) is -0.367. The van der Waals surface area contributed by atoms with E-state index in [0.717, 1.165) is 40.0 Å². The van der Waals surface area contributed by atoms with E-state index < -0.39 is 26.1 Å². The van der Waals surface area contributed by atoms with Crippen molar-refractivity contribution >= 4 is 45.0 Å². The molecule has 1 N–H and O–H groups in total. The highest BCUT2D eigenvalue weighted by Crippen LogP contribution is 2.39. The lowest BCUT2D eigenvalue weighted by Gasteiger charge is -2.28. The predicted octanol–water partition coefficient (Wildman–Crippen LogP) is 6.58. The minimum atomic E-state index is -3.68. The first-order valence-electron chi connectivity index (χ1n) is 14.3. The number of alkyl halides is 1. The summed E-state index contributed by atoms with van der Waals surface area (Å²) in [5.74, 6) is 0.693. The Morgan fingerprint density at radius 3 is 2.52 bits per heavy atom. The van der Waals surface area contributed by atoms with Crippen molar-refractivity contribution in [2.75, 3.05) is 47.1 Å². The summed E-state index contributed by atoms with van der Waals surface area (Å²) < 4.78 is 51.2. The molecule has 238 valence electrons. The van der Waals surface area contributed by atoms with Gasteiger partial charge in [0.15, 0.2) is 5.16 Å². The Bertz CT molecular complexity index is 1630. The van der Waals surface area contributed by atoms with Crippen LogP contribution < -0.4 is 9.46 Å². The van der Waals surface area contributed by atoms with Crippen molar-refractivity contribution in [3.05, 3.63) is 94.6 Å². The molecular formula is C32H40Cl2FN4O3S2+. The monoisotopic (exact) mass is 681 g/mol. The first kappa shape index (κ1) is 34.5. The van der Waals surface area contributed by atoms with Crippen molar-refractivity contribution in [2.45, 2.75) is 41.5 Å². The smallest absolute Gasteiger partial charge is 0.219 e. The molecule has 0 amide bonds. The maximum absolute atomic E-state index is 13.9. The van der Waals surface area contributed by atoms with Crippen LogP contribution in [0.1, 0.15) is 31.5 Å². The molecule has 3 aromatic rings. The summed E-state index contributed by atoms with van der Waals surface area (Å²) in [7, 11) is 4.11. The average Bonchev–Trinajstić information content (AvgIpc) is 3.40. The van der Waals surface area contributed by atoms with Gasteiger partial charge >= 0.3 is 0 Å². The summed E-state index contributed by atoms with van der Waals surface area (Å²) in [6, 6.07) is 11.9. The number of halogens is 3. The van der Waals surface area contributed by atoms with Crippen molar-refractivity contribution in [3.63, 3.8) is 0 Å². The second-order valence-electron chi connectivity index (χ2n) is 12.3. The lowest BCUT2D eigenvalue weighted by Crippen LogP contribution is -2.41. The number of allylic oxidation sites excluding steroid dienone is 2. The van der Waals surface area contributed by atoms with Gasteiger partial charge in [0.25, 0.3) is 0 Å². The second-order valence-corrected chi connectivity index (χ2v) is 16.1. The van der Waals surface area contributed by atoms with Crippen LogP contribution in [0.3, 0.4) is 0 Å². The fourth-order valence-corrected chi connectivity index (χ4v) is 8.07. The minimum absolute atomic E-state index is 0.335. The third-order valence-electron chi connectivity index (χ3n) is 7.55. The highest BCUT2D eigenvalue weighted by atomic mass is 35.5. The molecule has 0 radical (unpaired) electrons. The number of thioether (sulfide) groups is 1. The molecule has 4 rings (SSSR count). The Labute approximate surface area is 274 Å². The summed E-state index contributed by atoms with van der Waals surface area (Å²) in [6.07, 6.45) is 7.85. The number of hydrogen-bond donors (Lipinski definition) is 1. The quantitative estimate of drug-likeness (QED) is 0.0955. The first-order chi connectivity index (χ1) is 20.6. The van der Waals surface area contributed by atoms with Crippen LogP contribution in [-0.4, -0.2) is 80.2 Å². The van der Waals surface area contributed by atoms with Crippen LogP contribution in [-0.2, 0) is 15.4 Å². The first-order valence-corrected chi connectivity index (χ1v) is 17.6. The molecule has 0 aliphatic heterocycles. The Morgan fingerprint density at radius 1 is 1.16 bits per heavy atom. The third-order valence-corrected chi connectivity index (χ3v) is 11.2. The molecule has 0 bridgehead atoms. The van der Waals surface area contributed by atoms with E-state index in [4.69, 9.17) is 32.9 Å². The SMILES string of the molecule is COc1cc(C(C)(C)c2cnc(SCC3=CC(S(=O)(=O)NCCC[N+](C)(C)C)C(Cl)C=C3)n2-c2ccc(F)cc2)ccc1Cl. The van der Waals surface area contributed by atoms with Gasteiger partial charge in [-0.25, -0.2) is 22.5 Å². The third kappa shape index (κ3) is 8.27. The number of imidazole rings is 1. The highest BCUT2D eigenvalue weighted by Gasteiger charge is 2.33. The molecule has 1 aliphatic rings. The second kappa shape index (κ2) is 14.0. The molecule has 2 aromatic carbocycles. The van der Waals surface area contributed by atoms with Gasteiger partial charge in [-0.15, -0.1) is 11.6 Å². The summed E-state index contributed by atoms with van der Waals surface area (Å²) >= 11 is 14.2. The number of hydrogen-bond acceptors (Lipinski definition) is 5. The molecule has 0 spiro atoms. The Morgan fingerprint density at radius 2 is 1.86 bits per heavy atom. The zero-order valence-electron chi connectivity index (χ0n) is 25.9. The molecule has 0 saturated heterocycles. The predicted molar refractivity (Wildman–Crippen MR) is 179 cm³/mol. The number of methoxy groups -OCH3 is 1. The van der Waals surface area contributed by atoms with E-state index in [-0.39, 0.29) is 5.82 Å². The van der Waals surface area contributed by atoms with Gasteiger partial charge in [-0.1, -0.05) is 61.5 Å². The fraction of sp³-hybridized carbons (Fsp3) is 0.406. The van der Waals surface area contributed by atoms with Gasteiger partial charge in [-0.2, -0.15) is 0 Å². The van der Waals surface area contributed by atoms with Crippen molar-refractivity contribution in [1.82, 2.24) is 14.3 Å². The van der Waals surface area contributed by atoms with Gasteiger partial charge in [0, 0.05) is 29.8 Å². The van der Waals surface area contributed by atoms with Gasteiger partial charge in [0.2, 0.25) is 10.0 Å². The number of benzene rings is 2. The molecular weight excluding hydrogens is 642 g/mol.